The molecule has 80 valence electrons. The van der Waals surface area contributed by atoms with E-state index in [1.54, 1.807) is 17.5 Å². The molecule has 0 radical (unpaired) electrons. The lowest BCUT2D eigenvalue weighted by Gasteiger charge is -2.18. The summed E-state index contributed by atoms with van der Waals surface area (Å²) in [6, 6.07) is 3.48. The van der Waals surface area contributed by atoms with Gasteiger partial charge in [-0.25, -0.2) is 0 Å². The molecule has 0 saturated heterocycles. The Hall–Kier alpha value is -0.550. The first-order chi connectivity index (χ1) is 6.54. The van der Waals surface area contributed by atoms with Crippen molar-refractivity contribution in [1.29, 1.82) is 0 Å². The second-order valence-electron chi connectivity index (χ2n) is 3.10. The quantitative estimate of drug-likeness (QED) is 0.834. The predicted octanol–water partition coefficient (Wildman–Crippen LogP) is 2.82. The van der Waals surface area contributed by atoms with Crippen molar-refractivity contribution in [2.24, 2.45) is 11.7 Å². The van der Waals surface area contributed by atoms with Crippen LogP contribution in [0.15, 0.2) is 17.5 Å². The van der Waals surface area contributed by atoms with Crippen LogP contribution in [0.2, 0.25) is 0 Å². The van der Waals surface area contributed by atoms with E-state index >= 15 is 0 Å². The first-order valence-corrected chi connectivity index (χ1v) is 5.21. The van der Waals surface area contributed by atoms with Crippen LogP contribution < -0.4 is 5.73 Å². The van der Waals surface area contributed by atoms with Crippen molar-refractivity contribution >= 4 is 11.3 Å². The van der Waals surface area contributed by atoms with Gasteiger partial charge in [-0.3, -0.25) is 0 Å². The average molecular weight is 223 g/mol. The Morgan fingerprint density at radius 2 is 2.14 bits per heavy atom. The molecule has 0 saturated carbocycles. The summed E-state index contributed by atoms with van der Waals surface area (Å²) in [5.74, 6) is -1.30. The number of alkyl halides is 3. The molecule has 0 bridgehead atoms. The molecule has 1 rings (SSSR count). The van der Waals surface area contributed by atoms with E-state index in [4.69, 9.17) is 5.73 Å². The van der Waals surface area contributed by atoms with Gasteiger partial charge in [0.25, 0.3) is 0 Å². The summed E-state index contributed by atoms with van der Waals surface area (Å²) in [6.07, 6.45) is -4.08. The van der Waals surface area contributed by atoms with Crippen molar-refractivity contribution in [3.63, 3.8) is 0 Å². The third-order valence-electron chi connectivity index (χ3n) is 2.01. The third-order valence-corrected chi connectivity index (χ3v) is 2.90. The molecule has 0 aliphatic rings. The van der Waals surface area contributed by atoms with Gasteiger partial charge < -0.3 is 5.73 Å². The molecule has 2 N–H and O–H groups in total. The molecule has 0 aliphatic heterocycles. The Morgan fingerprint density at radius 3 is 2.57 bits per heavy atom. The summed E-state index contributed by atoms with van der Waals surface area (Å²) in [6.45, 7) is 0.0789. The third kappa shape index (κ3) is 3.31. The summed E-state index contributed by atoms with van der Waals surface area (Å²) in [5, 5.41) is 1.78. The van der Waals surface area contributed by atoms with Crippen LogP contribution in [0.25, 0.3) is 0 Å². The number of rotatable bonds is 4. The minimum Gasteiger partial charge on any atom is -0.330 e. The standard InChI is InChI=1S/C9H12F3NS/c10-9(11,12)7(3-4-13)6-8-2-1-5-14-8/h1-2,5,7H,3-4,6,13H2. The monoisotopic (exact) mass is 223 g/mol. The molecule has 1 heterocycles. The van der Waals surface area contributed by atoms with Gasteiger partial charge in [-0.2, -0.15) is 13.2 Å². The van der Waals surface area contributed by atoms with Crippen LogP contribution in [0.1, 0.15) is 11.3 Å². The number of halogens is 3. The van der Waals surface area contributed by atoms with E-state index in [2.05, 4.69) is 0 Å². The van der Waals surface area contributed by atoms with Crippen LogP contribution in [-0.2, 0) is 6.42 Å². The van der Waals surface area contributed by atoms with Crippen LogP contribution >= 0.6 is 11.3 Å². The summed E-state index contributed by atoms with van der Waals surface area (Å²) in [5.41, 5.74) is 5.16. The fourth-order valence-corrected chi connectivity index (χ4v) is 2.04. The molecule has 14 heavy (non-hydrogen) atoms. The van der Waals surface area contributed by atoms with Gasteiger partial charge >= 0.3 is 6.18 Å². The highest BCUT2D eigenvalue weighted by atomic mass is 32.1. The van der Waals surface area contributed by atoms with Gasteiger partial charge in [0.2, 0.25) is 0 Å². The van der Waals surface area contributed by atoms with Crippen molar-refractivity contribution in [1.82, 2.24) is 0 Å². The number of hydrogen-bond donors (Lipinski definition) is 1. The molecule has 1 nitrogen and oxygen atoms in total. The minimum atomic E-state index is -4.14. The second-order valence-corrected chi connectivity index (χ2v) is 4.13. The fraction of sp³-hybridized carbons (Fsp3) is 0.556. The van der Waals surface area contributed by atoms with Gasteiger partial charge in [-0.15, -0.1) is 11.3 Å². The lowest BCUT2D eigenvalue weighted by Crippen LogP contribution is -2.27. The van der Waals surface area contributed by atoms with E-state index in [-0.39, 0.29) is 19.4 Å². The van der Waals surface area contributed by atoms with Crippen molar-refractivity contribution in [3.8, 4) is 0 Å². The minimum absolute atomic E-state index is 0.00139. The highest BCUT2D eigenvalue weighted by Crippen LogP contribution is 2.32. The second kappa shape index (κ2) is 4.79. The smallest absolute Gasteiger partial charge is 0.330 e. The topological polar surface area (TPSA) is 26.0 Å². The van der Waals surface area contributed by atoms with E-state index in [1.165, 1.54) is 11.3 Å². The maximum absolute atomic E-state index is 12.4. The molecular formula is C9H12F3NS. The SMILES string of the molecule is NCCC(Cc1cccs1)C(F)(F)F. The summed E-state index contributed by atoms with van der Waals surface area (Å²) >= 11 is 1.35. The first kappa shape index (κ1) is 11.5. The number of hydrogen-bond acceptors (Lipinski definition) is 2. The largest absolute Gasteiger partial charge is 0.392 e. The van der Waals surface area contributed by atoms with E-state index < -0.39 is 12.1 Å². The predicted molar refractivity (Wildman–Crippen MR) is 51.2 cm³/mol. The fourth-order valence-electron chi connectivity index (χ4n) is 1.25. The number of thiophene rings is 1. The van der Waals surface area contributed by atoms with Crippen LogP contribution in [-0.4, -0.2) is 12.7 Å². The van der Waals surface area contributed by atoms with Crippen molar-refractivity contribution in [3.05, 3.63) is 22.4 Å². The van der Waals surface area contributed by atoms with Crippen LogP contribution in [0, 0.1) is 5.92 Å². The van der Waals surface area contributed by atoms with Gasteiger partial charge in [0.15, 0.2) is 0 Å². The molecular weight excluding hydrogens is 211 g/mol. The molecule has 1 atom stereocenters. The van der Waals surface area contributed by atoms with Gasteiger partial charge in [0.05, 0.1) is 5.92 Å². The Morgan fingerprint density at radius 1 is 1.43 bits per heavy atom. The highest BCUT2D eigenvalue weighted by Gasteiger charge is 2.38. The van der Waals surface area contributed by atoms with E-state index in [0.717, 1.165) is 4.88 Å². The molecule has 1 aromatic heterocycles. The summed E-state index contributed by atoms with van der Waals surface area (Å²) in [4.78, 5) is 0.765. The Labute approximate surface area is 84.7 Å². The maximum atomic E-state index is 12.4. The zero-order valence-electron chi connectivity index (χ0n) is 7.55. The molecule has 0 amide bonds. The number of nitrogens with two attached hydrogens (primary N) is 1. The molecule has 5 heteroatoms. The maximum Gasteiger partial charge on any atom is 0.392 e. The average Bonchev–Trinajstić information content (AvgIpc) is 2.54. The Bertz CT molecular complexity index is 256. The van der Waals surface area contributed by atoms with Gasteiger partial charge in [0, 0.05) is 4.88 Å². The molecule has 0 aliphatic carbocycles. The summed E-state index contributed by atoms with van der Waals surface area (Å²) < 4.78 is 37.3. The van der Waals surface area contributed by atoms with Crippen LogP contribution in [0.5, 0.6) is 0 Å². The van der Waals surface area contributed by atoms with Crippen LogP contribution in [0.4, 0.5) is 13.2 Å². The Kier molecular flexibility index (Phi) is 3.95. The molecule has 1 aromatic rings. The van der Waals surface area contributed by atoms with Crippen molar-refractivity contribution < 1.29 is 13.2 Å². The molecule has 0 aromatic carbocycles. The first-order valence-electron chi connectivity index (χ1n) is 4.33. The normalized spacial score (nSPS) is 14.3. The van der Waals surface area contributed by atoms with Gasteiger partial charge in [-0.05, 0) is 30.8 Å². The highest BCUT2D eigenvalue weighted by molar-refractivity contribution is 7.09. The zero-order chi connectivity index (χ0) is 10.6. The van der Waals surface area contributed by atoms with Gasteiger partial charge in [-0.1, -0.05) is 6.07 Å². The molecule has 1 unspecified atom stereocenters. The van der Waals surface area contributed by atoms with E-state index in [9.17, 15) is 13.2 Å². The van der Waals surface area contributed by atoms with Crippen LogP contribution in [0.3, 0.4) is 0 Å². The van der Waals surface area contributed by atoms with E-state index in [1.807, 2.05) is 0 Å². The lowest BCUT2D eigenvalue weighted by molar-refractivity contribution is -0.175. The molecule has 0 fully saturated rings. The van der Waals surface area contributed by atoms with E-state index in [0.29, 0.717) is 0 Å². The lowest BCUT2D eigenvalue weighted by atomic mass is 10.00. The Balaban J connectivity index is 2.60. The molecule has 0 spiro atoms. The van der Waals surface area contributed by atoms with Crippen molar-refractivity contribution in [2.45, 2.75) is 19.0 Å². The van der Waals surface area contributed by atoms with Gasteiger partial charge in [0.1, 0.15) is 0 Å². The van der Waals surface area contributed by atoms with Crippen molar-refractivity contribution in [2.75, 3.05) is 6.54 Å². The summed E-state index contributed by atoms with van der Waals surface area (Å²) in [7, 11) is 0. The zero-order valence-corrected chi connectivity index (χ0v) is 8.37.